The number of halogens is 1. The van der Waals surface area contributed by atoms with Gasteiger partial charge in [-0.3, -0.25) is 4.79 Å². The molecule has 8 nitrogen and oxygen atoms in total. The second-order valence-electron chi connectivity index (χ2n) is 11.2. The number of amides is 1. The number of carbonyl (C=O) groups excluding carboxylic acids is 1. The second-order valence-corrected chi connectivity index (χ2v) is 11.2. The van der Waals surface area contributed by atoms with Gasteiger partial charge in [0.25, 0.3) is 5.91 Å². The van der Waals surface area contributed by atoms with Crippen LogP contribution in [-0.4, -0.2) is 58.3 Å². The van der Waals surface area contributed by atoms with Gasteiger partial charge in [0.1, 0.15) is 17.6 Å². The number of carbonyl (C=O) groups is 1. The molecule has 1 amide bonds. The van der Waals surface area contributed by atoms with Crippen molar-refractivity contribution in [2.45, 2.75) is 56.7 Å². The van der Waals surface area contributed by atoms with Crippen molar-refractivity contribution in [3.8, 4) is 6.07 Å². The molecule has 36 heavy (non-hydrogen) atoms. The largest absolute Gasteiger partial charge is 0.390 e. The number of nitriles is 1. The molecule has 2 N–H and O–H groups in total. The van der Waals surface area contributed by atoms with Crippen LogP contribution in [0.1, 0.15) is 55.1 Å². The van der Waals surface area contributed by atoms with Crippen molar-refractivity contribution in [2.24, 2.45) is 17.8 Å². The minimum atomic E-state index is -0.526. The van der Waals surface area contributed by atoms with Gasteiger partial charge >= 0.3 is 0 Å². The van der Waals surface area contributed by atoms with E-state index >= 15 is 0 Å². The molecule has 188 valence electrons. The Morgan fingerprint density at radius 1 is 1.22 bits per heavy atom. The number of benzene rings is 1. The molecule has 1 saturated heterocycles. The summed E-state index contributed by atoms with van der Waals surface area (Å²) in [6.07, 6.45) is 6.29. The molecule has 0 spiro atoms. The van der Waals surface area contributed by atoms with E-state index < -0.39 is 11.4 Å². The summed E-state index contributed by atoms with van der Waals surface area (Å²) < 4.78 is 14.1. The normalized spacial score (nSPS) is 32.9. The Bertz CT molecular complexity index is 1210. The highest BCUT2D eigenvalue weighted by molar-refractivity contribution is 5.92. The minimum Gasteiger partial charge on any atom is -0.390 e. The van der Waals surface area contributed by atoms with Gasteiger partial charge < -0.3 is 20.2 Å². The van der Waals surface area contributed by atoms with Gasteiger partial charge in [-0.15, -0.1) is 0 Å². The molecular weight excluding hydrogens is 459 g/mol. The number of aliphatic hydroxyl groups is 1. The summed E-state index contributed by atoms with van der Waals surface area (Å²) in [7, 11) is 0. The van der Waals surface area contributed by atoms with E-state index in [9.17, 15) is 14.3 Å². The molecule has 2 unspecified atom stereocenters. The number of nitrogens with one attached hydrogen (secondary N) is 1. The zero-order valence-corrected chi connectivity index (χ0v) is 20.4. The highest BCUT2D eigenvalue weighted by atomic mass is 19.1. The Kier molecular flexibility index (Phi) is 5.60. The molecule has 3 atom stereocenters. The summed E-state index contributed by atoms with van der Waals surface area (Å²) in [6, 6.07) is 8.35. The Hall–Kier alpha value is -3.25. The summed E-state index contributed by atoms with van der Waals surface area (Å²) in [5.41, 5.74) is 0.615. The third kappa shape index (κ3) is 4.07. The van der Waals surface area contributed by atoms with Crippen LogP contribution in [0.25, 0.3) is 0 Å². The molecule has 1 aromatic heterocycles. The van der Waals surface area contributed by atoms with E-state index in [0.29, 0.717) is 49.0 Å². The van der Waals surface area contributed by atoms with Crippen LogP contribution < -0.4 is 15.1 Å². The predicted molar refractivity (Wildman–Crippen MR) is 132 cm³/mol. The molecule has 2 heterocycles. The average Bonchev–Trinajstić information content (AvgIpc) is 2.85. The van der Waals surface area contributed by atoms with Crippen molar-refractivity contribution in [1.82, 2.24) is 15.3 Å². The Balaban J connectivity index is 1.13. The van der Waals surface area contributed by atoms with Crippen molar-refractivity contribution in [1.29, 1.82) is 5.26 Å². The maximum atomic E-state index is 14.1. The third-order valence-corrected chi connectivity index (χ3v) is 8.74. The topological polar surface area (TPSA) is 105 Å². The smallest absolute Gasteiger partial charge is 0.270 e. The Morgan fingerprint density at radius 3 is 2.67 bits per heavy atom. The molecule has 4 bridgehead atoms. The van der Waals surface area contributed by atoms with E-state index in [-0.39, 0.29) is 23.6 Å². The molecule has 1 aromatic carbocycles. The standard InChI is InChI=1S/C27H31FN6O2/c1-16-15-33(21-3-2-18(14-29)22(28)10-21)6-7-34(16)26-30-5-4-23(31-26)25(35)32-24-19-8-17-9-20(24)13-27(36,11-17)12-19/h2-5,10,16-17,19-20,24,36H,6-9,11-13,15H2,1H3,(H,32,35)/t16-,17?,19?,20?,24-,27-/m1/s1. The number of hydrogen-bond acceptors (Lipinski definition) is 7. The zero-order chi connectivity index (χ0) is 25.0. The third-order valence-electron chi connectivity index (χ3n) is 8.74. The quantitative estimate of drug-likeness (QED) is 0.679. The molecule has 4 aliphatic carbocycles. The number of aromatic nitrogens is 2. The van der Waals surface area contributed by atoms with Gasteiger partial charge in [0.2, 0.25) is 5.95 Å². The van der Waals surface area contributed by atoms with Crippen molar-refractivity contribution < 1.29 is 14.3 Å². The maximum absolute atomic E-state index is 14.1. The summed E-state index contributed by atoms with van der Waals surface area (Å²) >= 11 is 0. The van der Waals surface area contributed by atoms with Crippen LogP contribution in [0.5, 0.6) is 0 Å². The van der Waals surface area contributed by atoms with Gasteiger partial charge in [-0.25, -0.2) is 14.4 Å². The lowest BCUT2D eigenvalue weighted by Gasteiger charge is -2.58. The zero-order valence-electron chi connectivity index (χ0n) is 20.4. The summed E-state index contributed by atoms with van der Waals surface area (Å²) in [5.74, 6) is 1.09. The summed E-state index contributed by atoms with van der Waals surface area (Å²) in [6.45, 7) is 3.97. The number of anilines is 2. The van der Waals surface area contributed by atoms with Crippen LogP contribution in [0.4, 0.5) is 16.0 Å². The summed E-state index contributed by atoms with van der Waals surface area (Å²) in [5, 5.41) is 23.1. The Morgan fingerprint density at radius 2 is 2.00 bits per heavy atom. The molecule has 9 heteroatoms. The lowest BCUT2D eigenvalue weighted by Crippen LogP contribution is -2.61. The molecular formula is C27H31FN6O2. The minimum absolute atomic E-state index is 0.0402. The lowest BCUT2D eigenvalue weighted by molar-refractivity contribution is -0.136. The fraction of sp³-hybridized carbons (Fsp3) is 0.556. The molecule has 4 saturated carbocycles. The molecule has 7 rings (SSSR count). The van der Waals surface area contributed by atoms with Crippen LogP contribution >= 0.6 is 0 Å². The maximum Gasteiger partial charge on any atom is 0.270 e. The number of hydrogen-bond donors (Lipinski definition) is 2. The second kappa shape index (κ2) is 8.70. The first-order valence-electron chi connectivity index (χ1n) is 12.9. The first kappa shape index (κ1) is 23.2. The van der Waals surface area contributed by atoms with E-state index in [4.69, 9.17) is 5.26 Å². The van der Waals surface area contributed by atoms with Crippen LogP contribution in [-0.2, 0) is 0 Å². The first-order valence-corrected chi connectivity index (χ1v) is 12.9. The summed E-state index contributed by atoms with van der Waals surface area (Å²) in [4.78, 5) is 26.4. The van der Waals surface area contributed by atoms with Crippen molar-refractivity contribution in [2.75, 3.05) is 29.4 Å². The molecule has 5 aliphatic rings. The van der Waals surface area contributed by atoms with Crippen molar-refractivity contribution in [3.05, 3.63) is 47.5 Å². The monoisotopic (exact) mass is 490 g/mol. The van der Waals surface area contributed by atoms with E-state index in [1.54, 1.807) is 18.3 Å². The van der Waals surface area contributed by atoms with Crippen LogP contribution in [0.3, 0.4) is 0 Å². The average molecular weight is 491 g/mol. The SMILES string of the molecule is C[C@@H]1CN(c2ccc(C#N)c(F)c2)CCN1c1nccc(C(=O)N[C@H]2C3CC4CC2C[C@](O)(C4)C3)n1. The number of nitrogens with zero attached hydrogens (tertiary/aromatic N) is 5. The van der Waals surface area contributed by atoms with Gasteiger partial charge in [0, 0.05) is 43.6 Å². The molecule has 5 fully saturated rings. The molecule has 1 aliphatic heterocycles. The molecule has 0 radical (unpaired) electrons. The van der Waals surface area contributed by atoms with E-state index in [1.807, 2.05) is 6.07 Å². The van der Waals surface area contributed by atoms with E-state index in [0.717, 1.165) is 37.8 Å². The fourth-order valence-corrected chi connectivity index (χ4v) is 7.34. The van der Waals surface area contributed by atoms with Gasteiger partial charge in [-0.2, -0.15) is 5.26 Å². The van der Waals surface area contributed by atoms with Crippen molar-refractivity contribution >= 4 is 17.5 Å². The predicted octanol–water partition coefficient (Wildman–Crippen LogP) is 2.87. The Labute approximate surface area is 210 Å². The first-order chi connectivity index (χ1) is 17.3. The van der Waals surface area contributed by atoms with Crippen LogP contribution in [0.15, 0.2) is 30.5 Å². The lowest BCUT2D eigenvalue weighted by atomic mass is 9.52. The van der Waals surface area contributed by atoms with Gasteiger partial charge in [0.05, 0.1) is 11.2 Å². The number of piperazine rings is 1. The number of rotatable bonds is 4. The van der Waals surface area contributed by atoms with Crippen LogP contribution in [0, 0.1) is 34.9 Å². The highest BCUT2D eigenvalue weighted by Crippen LogP contribution is 2.55. The van der Waals surface area contributed by atoms with Crippen LogP contribution in [0.2, 0.25) is 0 Å². The van der Waals surface area contributed by atoms with E-state index in [2.05, 4.69) is 32.0 Å². The fourth-order valence-electron chi connectivity index (χ4n) is 7.34. The highest BCUT2D eigenvalue weighted by Gasteiger charge is 2.55. The van der Waals surface area contributed by atoms with Gasteiger partial charge in [-0.05, 0) is 81.0 Å². The van der Waals surface area contributed by atoms with Gasteiger partial charge in [0.15, 0.2) is 0 Å². The van der Waals surface area contributed by atoms with E-state index in [1.165, 1.54) is 12.1 Å². The van der Waals surface area contributed by atoms with Crippen molar-refractivity contribution in [3.63, 3.8) is 0 Å². The molecule has 2 aromatic rings. The van der Waals surface area contributed by atoms with Gasteiger partial charge in [-0.1, -0.05) is 0 Å².